The minimum atomic E-state index is 0.113. The largest absolute Gasteiger partial charge is 0.497 e. The van der Waals surface area contributed by atoms with Crippen molar-refractivity contribution < 1.29 is 37.9 Å². The van der Waals surface area contributed by atoms with Crippen molar-refractivity contribution in [1.82, 2.24) is 79.0 Å². The lowest BCUT2D eigenvalue weighted by Crippen LogP contribution is -2.05. The van der Waals surface area contributed by atoms with Crippen molar-refractivity contribution >= 4 is 0 Å². The lowest BCUT2D eigenvalue weighted by molar-refractivity contribution is 0.242. The van der Waals surface area contributed by atoms with Gasteiger partial charge in [-0.15, -0.1) is 40.8 Å². The van der Waals surface area contributed by atoms with Gasteiger partial charge in [-0.25, -0.2) is 0 Å². The van der Waals surface area contributed by atoms with E-state index in [2.05, 4.69) is 201 Å². The van der Waals surface area contributed by atoms with Crippen LogP contribution in [0.15, 0.2) is 389 Å². The van der Waals surface area contributed by atoms with Crippen LogP contribution in [0, 0.1) is 0 Å². The molecule has 8 heterocycles. The summed E-state index contributed by atoms with van der Waals surface area (Å²) < 4.78 is 53.2. The Bertz CT molecular complexity index is 7130. The van der Waals surface area contributed by atoms with E-state index in [1.165, 1.54) is 0 Å². The Morgan fingerprint density at radius 3 is 0.560 bits per heavy atom. The highest BCUT2D eigenvalue weighted by atomic mass is 16.5. The molecular weight excluding hydrogens is 1760 g/mol. The Balaban J connectivity index is 0.000000130. The van der Waals surface area contributed by atoms with Gasteiger partial charge in [0.05, 0.1) is 52.9 Å². The SMILES string of the molecule is CC(C)Oc1ccc(-c2nnc(-c3ccc(OC(C)C)cc3)n2-c2ccc(-c3cccnc3)cc2)cc1.CCCOc1ccc(-c2nnc(-c3ccc(OCC)cc3)n2-c2ccc(-c3cccnc3)cc2)cc1.CCOc1ccc(-c2nnc(-c3ccc(OCC)cc3)n2-c2ccc(-c3cccnc3)cc2)cc1.COc1ccc(-c2nnc(-c3ccc(OC)cc3)n2-c2ccc(-c3cccnc3)cc2)cc1. The van der Waals surface area contributed by atoms with E-state index in [1.807, 2.05) is 298 Å². The number of hydrogen-bond donors (Lipinski definition) is 0. The van der Waals surface area contributed by atoms with Crippen LogP contribution in [-0.4, -0.2) is 132 Å². The van der Waals surface area contributed by atoms with Crippen molar-refractivity contribution in [2.75, 3.05) is 40.6 Å². The molecule has 24 nitrogen and oxygen atoms in total. The fourth-order valence-electron chi connectivity index (χ4n) is 15.9. The number of hydrogen-bond acceptors (Lipinski definition) is 20. The summed E-state index contributed by atoms with van der Waals surface area (Å²) in [5.74, 6) is 12.6. The zero-order chi connectivity index (χ0) is 97.2. The van der Waals surface area contributed by atoms with Crippen molar-refractivity contribution in [2.24, 2.45) is 0 Å². The number of ether oxygens (including phenoxy) is 8. The summed E-state index contributed by atoms with van der Waals surface area (Å²) in [6.07, 6.45) is 15.8. The average Bonchev–Trinajstić information content (AvgIpc) is 1.60. The predicted octanol–water partition coefficient (Wildman–Crippen LogP) is 26.2. The Labute approximate surface area is 820 Å². The highest BCUT2D eigenvalue weighted by Crippen LogP contribution is 2.39. The summed E-state index contributed by atoms with van der Waals surface area (Å²) in [6, 6.07) is 113. The van der Waals surface area contributed by atoms with Gasteiger partial charge in [-0.2, -0.15) is 0 Å². The number of rotatable bonds is 31. The molecule has 0 saturated heterocycles. The van der Waals surface area contributed by atoms with Gasteiger partial charge in [0.2, 0.25) is 0 Å². The van der Waals surface area contributed by atoms with Gasteiger partial charge >= 0.3 is 0 Å². The summed E-state index contributed by atoms with van der Waals surface area (Å²) in [5, 5.41) is 36.7. The molecule has 0 aliphatic rings. The Kier molecular flexibility index (Phi) is 31.1. The zero-order valence-corrected chi connectivity index (χ0v) is 80.1. The molecule has 0 radical (unpaired) electrons. The first-order chi connectivity index (χ1) is 69.3. The Morgan fingerprint density at radius 2 is 0.390 bits per heavy atom. The predicted molar refractivity (Wildman–Crippen MR) is 556 cm³/mol. The minimum absolute atomic E-state index is 0.113. The molecule has 0 saturated carbocycles. The molecule has 24 heteroatoms. The first-order valence-electron chi connectivity index (χ1n) is 46.9. The van der Waals surface area contributed by atoms with Crippen molar-refractivity contribution in [3.63, 3.8) is 0 Å². The van der Waals surface area contributed by atoms with Gasteiger partial charge in [-0.05, 0) is 366 Å². The standard InChI is InChI=1S/C31H30N4O2.C30H28N4O2.C29H26N4O2.C27H22N4O2/c1-21(2)36-28-15-9-24(10-16-28)30-33-34-31(25-11-17-29(18-12-25)37-22(3)4)35(30)27-13-7-23(8-14-27)26-6-5-19-32-20-26;1-3-20-36-28-17-11-24(12-18-28)30-33-32-29(23-9-15-27(16-10-23)35-4-2)34(30)26-13-7-22(8-14-26)25-6-5-19-31-21-25;1-3-34-26-15-9-22(10-16-26)28-31-32-29(23-11-17-27(18-12-23)35-4-2)33(28)25-13-7-21(8-14-25)24-6-5-19-30-20-24;1-32-24-13-7-20(8-14-24)26-29-30-27(21-9-15-25(33-2)16-10-21)31(26)23-11-5-19(6-12-23)22-4-3-17-28-18-22/h5-22H,1-4H3;5-19,21H,3-4,20H2,1-2H3;5-20H,3-4H2,1-2H3;3-18H,1-2H3. The molecule has 20 rings (SSSR count). The maximum Gasteiger partial charge on any atom is 0.168 e. The smallest absolute Gasteiger partial charge is 0.168 e. The lowest BCUT2D eigenvalue weighted by Gasteiger charge is -2.14. The maximum absolute atomic E-state index is 5.83. The fourth-order valence-corrected chi connectivity index (χ4v) is 15.9. The topological polar surface area (TPSA) is 248 Å². The Hall–Kier alpha value is -17.8. The van der Waals surface area contributed by atoms with E-state index < -0.39 is 0 Å². The number of benzene rings is 12. The maximum atomic E-state index is 5.83. The first kappa shape index (κ1) is 94.9. The van der Waals surface area contributed by atoms with Gasteiger partial charge in [0.25, 0.3) is 0 Å². The summed E-state index contributed by atoms with van der Waals surface area (Å²) in [7, 11) is 3.31. The minimum Gasteiger partial charge on any atom is -0.497 e. The van der Waals surface area contributed by atoms with Crippen LogP contribution >= 0.6 is 0 Å². The molecule has 12 aromatic carbocycles. The number of nitrogens with zero attached hydrogens (tertiary/aromatic N) is 16. The van der Waals surface area contributed by atoms with E-state index in [9.17, 15) is 0 Å². The molecule has 0 amide bonds. The second-order valence-corrected chi connectivity index (χ2v) is 33.0. The first-order valence-corrected chi connectivity index (χ1v) is 46.9. The normalized spacial score (nSPS) is 10.9. The zero-order valence-electron chi connectivity index (χ0n) is 80.1. The molecule has 0 bridgehead atoms. The highest BCUT2D eigenvalue weighted by molar-refractivity contribution is 5.76. The van der Waals surface area contributed by atoms with E-state index in [0.29, 0.717) is 26.4 Å². The van der Waals surface area contributed by atoms with E-state index in [-0.39, 0.29) is 12.2 Å². The van der Waals surface area contributed by atoms with Crippen molar-refractivity contribution in [1.29, 1.82) is 0 Å². The second-order valence-electron chi connectivity index (χ2n) is 33.0. The van der Waals surface area contributed by atoms with Gasteiger partial charge in [0.15, 0.2) is 46.6 Å². The molecule has 20 aromatic rings. The van der Waals surface area contributed by atoms with Crippen LogP contribution in [0.4, 0.5) is 0 Å². The van der Waals surface area contributed by atoms with Crippen LogP contribution in [0.1, 0.15) is 61.8 Å². The monoisotopic (exact) mass is 1860 g/mol. The molecule has 0 aliphatic heterocycles. The van der Waals surface area contributed by atoms with Gasteiger partial charge in [-0.1, -0.05) is 79.7 Å². The van der Waals surface area contributed by atoms with Gasteiger partial charge in [0.1, 0.15) is 46.0 Å². The number of methoxy groups -OCH3 is 2. The van der Waals surface area contributed by atoms with Gasteiger partial charge < -0.3 is 37.9 Å². The van der Waals surface area contributed by atoms with E-state index >= 15 is 0 Å². The van der Waals surface area contributed by atoms with E-state index in [1.54, 1.807) is 39.0 Å². The van der Waals surface area contributed by atoms with Crippen molar-refractivity contribution in [3.8, 4) is 204 Å². The molecule has 0 atom stereocenters. The van der Waals surface area contributed by atoms with Crippen LogP contribution in [0.2, 0.25) is 0 Å². The third-order valence-corrected chi connectivity index (χ3v) is 22.7. The molecule has 141 heavy (non-hydrogen) atoms. The number of aromatic nitrogens is 16. The second kappa shape index (κ2) is 46.2. The lowest BCUT2D eigenvalue weighted by atomic mass is 10.1. The Morgan fingerprint density at radius 1 is 0.206 bits per heavy atom. The molecule has 8 aromatic heterocycles. The molecule has 0 N–H and O–H groups in total. The molecule has 0 unspecified atom stereocenters. The van der Waals surface area contributed by atoms with Crippen molar-refractivity contribution in [3.05, 3.63) is 389 Å². The summed E-state index contributed by atoms with van der Waals surface area (Å²) in [5.41, 5.74) is 20.1. The third kappa shape index (κ3) is 23.3. The van der Waals surface area contributed by atoms with E-state index in [4.69, 9.17) is 37.9 Å². The summed E-state index contributed by atoms with van der Waals surface area (Å²) in [6.45, 7) is 18.7. The van der Waals surface area contributed by atoms with Crippen LogP contribution < -0.4 is 37.9 Å². The highest BCUT2D eigenvalue weighted by Gasteiger charge is 2.25. The summed E-state index contributed by atoms with van der Waals surface area (Å²) >= 11 is 0. The van der Waals surface area contributed by atoms with Crippen LogP contribution in [0.3, 0.4) is 0 Å². The fraction of sp³-hybridized carbons (Fsp3) is 0.145. The van der Waals surface area contributed by atoms with E-state index in [0.717, 1.165) is 211 Å². The third-order valence-electron chi connectivity index (χ3n) is 22.7. The summed E-state index contributed by atoms with van der Waals surface area (Å²) in [4.78, 5) is 16.9. The quantitative estimate of drug-likeness (QED) is 0.0392. The van der Waals surface area contributed by atoms with Gasteiger partial charge in [-0.3, -0.25) is 38.2 Å². The molecule has 702 valence electrons. The molecule has 0 spiro atoms. The molecule has 0 aliphatic carbocycles. The van der Waals surface area contributed by atoms with Gasteiger partial charge in [0, 0.05) is 117 Å². The van der Waals surface area contributed by atoms with Crippen LogP contribution in [0.25, 0.3) is 158 Å². The average molecular weight is 1860 g/mol. The number of pyridine rings is 4. The van der Waals surface area contributed by atoms with Crippen LogP contribution in [0.5, 0.6) is 46.0 Å². The van der Waals surface area contributed by atoms with Crippen molar-refractivity contribution in [2.45, 2.75) is 74.0 Å². The van der Waals surface area contributed by atoms with Crippen LogP contribution in [-0.2, 0) is 0 Å². The molecular formula is C117H106N16O8. The molecule has 0 fully saturated rings.